The topological polar surface area (TPSA) is 38.7 Å². The first-order valence-electron chi connectivity index (χ1n) is 20.3. The van der Waals surface area contributed by atoms with Gasteiger partial charge in [-0.05, 0) is 97.5 Å². The zero-order chi connectivity index (χ0) is 39.6. The number of rotatable bonds is 6. The molecule has 0 unspecified atom stereocenters. The summed E-state index contributed by atoms with van der Waals surface area (Å²) in [6.07, 6.45) is 2.24. The van der Waals surface area contributed by atoms with E-state index in [0.717, 1.165) is 46.2 Å². The van der Waals surface area contributed by atoms with Gasteiger partial charge in [0.2, 0.25) is 0 Å². The van der Waals surface area contributed by atoms with Crippen LogP contribution < -0.4 is 0 Å². The molecular weight excluding hydrogens is 710 g/mol. The fraction of sp³-hybridized carbons (Fsp3) is 0.167. The molecule has 0 atom stereocenters. The average molecular weight is 754 g/mol. The first-order valence-corrected chi connectivity index (χ1v) is 20.3. The van der Waals surface area contributed by atoms with Crippen molar-refractivity contribution < 1.29 is 4.39 Å². The van der Waals surface area contributed by atoms with Crippen LogP contribution in [0.1, 0.15) is 73.9 Å². The van der Waals surface area contributed by atoms with Gasteiger partial charge in [-0.2, -0.15) is 0 Å². The Morgan fingerprint density at radius 1 is 0.397 bits per heavy atom. The van der Waals surface area contributed by atoms with Gasteiger partial charge in [-0.15, -0.1) is 0 Å². The molecule has 10 rings (SSSR count). The third kappa shape index (κ3) is 5.73. The highest BCUT2D eigenvalue weighted by atomic mass is 19.1. The number of hydrogen-bond donors (Lipinski definition) is 0. The number of halogens is 1. The summed E-state index contributed by atoms with van der Waals surface area (Å²) in [4.78, 5) is 15.5. The van der Waals surface area contributed by atoms with E-state index in [4.69, 9.17) is 15.0 Å². The second-order valence-electron chi connectivity index (χ2n) is 17.2. The Morgan fingerprint density at radius 2 is 0.931 bits per heavy atom. The molecule has 0 bridgehead atoms. The summed E-state index contributed by atoms with van der Waals surface area (Å²) in [5.74, 6) is 1.16. The van der Waals surface area contributed by atoms with Crippen LogP contribution >= 0.6 is 0 Å². The van der Waals surface area contributed by atoms with Gasteiger partial charge in [0.1, 0.15) is 5.82 Å². The molecule has 0 amide bonds. The van der Waals surface area contributed by atoms with E-state index in [1.807, 2.05) is 36.4 Å². The van der Waals surface area contributed by atoms with Gasteiger partial charge < -0.3 is 0 Å². The molecule has 0 N–H and O–H groups in total. The lowest BCUT2D eigenvalue weighted by molar-refractivity contribution is 0.332. The van der Waals surface area contributed by atoms with Gasteiger partial charge in [0, 0.05) is 16.7 Å². The van der Waals surface area contributed by atoms with E-state index in [1.54, 1.807) is 12.1 Å². The Balaban J connectivity index is 1.19. The van der Waals surface area contributed by atoms with E-state index < -0.39 is 5.41 Å². The van der Waals surface area contributed by atoms with Gasteiger partial charge in [0.05, 0.1) is 5.41 Å². The van der Waals surface area contributed by atoms with Crippen LogP contribution in [0.2, 0.25) is 0 Å². The maximum Gasteiger partial charge on any atom is 0.164 e. The van der Waals surface area contributed by atoms with Crippen LogP contribution in [0, 0.1) is 5.82 Å². The summed E-state index contributed by atoms with van der Waals surface area (Å²) >= 11 is 0. The second kappa shape index (κ2) is 13.6. The molecule has 0 fully saturated rings. The molecule has 0 aliphatic heterocycles. The normalized spacial score (nSPS) is 15.6. The minimum absolute atomic E-state index is 0.0257. The number of nitrogens with zero attached hydrogens (tertiary/aromatic N) is 3. The van der Waals surface area contributed by atoms with Gasteiger partial charge >= 0.3 is 0 Å². The maximum absolute atomic E-state index is 15.9. The van der Waals surface area contributed by atoms with E-state index in [1.165, 1.54) is 33.4 Å². The quantitative estimate of drug-likeness (QED) is 0.170. The van der Waals surface area contributed by atoms with Gasteiger partial charge in [-0.25, -0.2) is 19.3 Å². The fourth-order valence-electron chi connectivity index (χ4n) is 9.67. The van der Waals surface area contributed by atoms with Crippen molar-refractivity contribution in [2.45, 2.75) is 56.8 Å². The first-order chi connectivity index (χ1) is 28.1. The lowest BCUT2D eigenvalue weighted by Crippen LogP contribution is -2.33. The molecule has 1 aromatic heterocycles. The Kier molecular flexibility index (Phi) is 8.38. The van der Waals surface area contributed by atoms with Crippen LogP contribution in [0.25, 0.3) is 56.4 Å². The number of fused-ring (bicyclic) bond motifs is 4. The van der Waals surface area contributed by atoms with Crippen molar-refractivity contribution in [3.63, 3.8) is 0 Å². The third-order valence-corrected chi connectivity index (χ3v) is 12.7. The van der Waals surface area contributed by atoms with E-state index >= 15 is 4.39 Å². The van der Waals surface area contributed by atoms with Crippen molar-refractivity contribution in [3.05, 3.63) is 209 Å². The minimum atomic E-state index is -0.571. The lowest BCUT2D eigenvalue weighted by Gasteiger charge is -2.42. The summed E-state index contributed by atoms with van der Waals surface area (Å²) in [6.45, 7) is 9.30. The highest BCUT2D eigenvalue weighted by molar-refractivity contribution is 5.94. The maximum atomic E-state index is 15.9. The average Bonchev–Trinajstić information content (AvgIpc) is 3.57. The smallest absolute Gasteiger partial charge is 0.164 e. The van der Waals surface area contributed by atoms with Gasteiger partial charge in [-0.1, -0.05) is 179 Å². The summed E-state index contributed by atoms with van der Waals surface area (Å²) in [7, 11) is 0. The van der Waals surface area contributed by atoms with Crippen molar-refractivity contribution in [2.75, 3.05) is 0 Å². The summed E-state index contributed by atoms with van der Waals surface area (Å²) in [5, 5.41) is 0. The molecular formula is C54H44FN3. The van der Waals surface area contributed by atoms with Crippen molar-refractivity contribution in [3.8, 4) is 56.4 Å². The highest BCUT2D eigenvalue weighted by Crippen LogP contribution is 2.58. The molecule has 7 aromatic carbocycles. The number of benzene rings is 7. The largest absolute Gasteiger partial charge is 0.208 e. The molecule has 2 aliphatic rings. The molecule has 0 radical (unpaired) electrons. The summed E-state index contributed by atoms with van der Waals surface area (Å²) < 4.78 is 15.9. The van der Waals surface area contributed by atoms with Gasteiger partial charge in [-0.3, -0.25) is 0 Å². The molecule has 58 heavy (non-hydrogen) atoms. The predicted molar refractivity (Wildman–Crippen MR) is 234 cm³/mol. The second-order valence-corrected chi connectivity index (χ2v) is 17.2. The Bertz CT molecular complexity index is 2800. The third-order valence-electron chi connectivity index (χ3n) is 12.7. The molecule has 4 heteroatoms. The van der Waals surface area contributed by atoms with E-state index in [9.17, 15) is 0 Å². The predicted octanol–water partition coefficient (Wildman–Crippen LogP) is 13.4. The molecule has 282 valence electrons. The van der Waals surface area contributed by atoms with Gasteiger partial charge in [0.15, 0.2) is 17.5 Å². The highest BCUT2D eigenvalue weighted by Gasteiger charge is 2.47. The van der Waals surface area contributed by atoms with Crippen molar-refractivity contribution in [1.29, 1.82) is 0 Å². The monoisotopic (exact) mass is 753 g/mol. The van der Waals surface area contributed by atoms with E-state index in [-0.39, 0.29) is 16.6 Å². The number of hydrogen-bond acceptors (Lipinski definition) is 3. The van der Waals surface area contributed by atoms with Crippen LogP contribution in [0.4, 0.5) is 4.39 Å². The van der Waals surface area contributed by atoms with Crippen LogP contribution in [-0.2, 0) is 16.2 Å². The van der Waals surface area contributed by atoms with Crippen molar-refractivity contribution >= 4 is 0 Å². The lowest BCUT2D eigenvalue weighted by atomic mass is 9.63. The molecule has 0 saturated heterocycles. The van der Waals surface area contributed by atoms with E-state index in [2.05, 4.69) is 149 Å². The van der Waals surface area contributed by atoms with Crippen molar-refractivity contribution in [2.24, 2.45) is 0 Å². The minimum Gasteiger partial charge on any atom is -0.208 e. The van der Waals surface area contributed by atoms with Crippen LogP contribution in [0.5, 0.6) is 0 Å². The Labute approximate surface area is 340 Å². The molecule has 0 spiro atoms. The molecule has 2 aliphatic carbocycles. The molecule has 0 saturated carbocycles. The molecule has 1 heterocycles. The first kappa shape index (κ1) is 35.9. The number of aromatic nitrogens is 3. The van der Waals surface area contributed by atoms with Crippen LogP contribution in [0.15, 0.2) is 170 Å². The van der Waals surface area contributed by atoms with Crippen molar-refractivity contribution in [1.82, 2.24) is 15.0 Å². The molecule has 3 nitrogen and oxygen atoms in total. The Morgan fingerprint density at radius 3 is 1.62 bits per heavy atom. The summed E-state index contributed by atoms with van der Waals surface area (Å²) in [6, 6.07) is 58.6. The Hall–Kier alpha value is -6.52. The standard InChI is InChI=1S/C54H44FN3/c1-52(2)29-30-53(3,4)47-34-36(27-28-45(47)52)37-31-38(33-41(55)32-37)50-56-49(35-17-8-5-9-18-35)57-51(58-50)43-24-16-26-46-48(43)42-23-14-15-25-44(42)54(46,39-19-10-6-11-20-39)40-21-12-7-13-22-40/h5-28,31-34H,29-30H2,1-4H3. The van der Waals surface area contributed by atoms with Gasteiger partial charge in [0.25, 0.3) is 0 Å². The zero-order valence-electron chi connectivity index (χ0n) is 33.3. The van der Waals surface area contributed by atoms with Crippen LogP contribution in [0.3, 0.4) is 0 Å². The summed E-state index contributed by atoms with van der Waals surface area (Å²) in [5.41, 5.74) is 13.4. The fourth-order valence-corrected chi connectivity index (χ4v) is 9.67. The molecule has 8 aromatic rings. The zero-order valence-corrected chi connectivity index (χ0v) is 33.3. The van der Waals surface area contributed by atoms with Crippen LogP contribution in [-0.4, -0.2) is 15.0 Å². The van der Waals surface area contributed by atoms with E-state index in [0.29, 0.717) is 23.0 Å². The SMILES string of the molecule is CC1(C)CCC(C)(C)c2cc(-c3cc(F)cc(-c4nc(-c5ccccc5)nc(-c5cccc6c5-c5ccccc5C6(c5ccccc5)c5ccccc5)n4)c3)ccc21.